The molecule has 8 nitrogen and oxygen atoms in total. The van der Waals surface area contributed by atoms with Gasteiger partial charge in [-0.05, 0) is 44.5 Å². The number of aromatic nitrogens is 4. The van der Waals surface area contributed by atoms with E-state index < -0.39 is 5.60 Å². The first kappa shape index (κ1) is 23.7. The van der Waals surface area contributed by atoms with E-state index in [1.165, 1.54) is 12.1 Å². The molecule has 0 saturated carbocycles. The lowest BCUT2D eigenvalue weighted by Gasteiger charge is -2.36. The molecular formula is C27H29FN6O2. The number of carbonyl (C=O) groups excluding carboxylic acids is 1. The Bertz CT molecular complexity index is 1370. The zero-order chi connectivity index (χ0) is 25.3. The molecule has 0 spiro atoms. The maximum absolute atomic E-state index is 13.9. The van der Waals surface area contributed by atoms with E-state index in [-0.39, 0.29) is 11.9 Å². The summed E-state index contributed by atoms with van der Waals surface area (Å²) in [6.45, 7) is 8.38. The monoisotopic (exact) mass is 488 g/mol. The van der Waals surface area contributed by atoms with Gasteiger partial charge < -0.3 is 19.1 Å². The van der Waals surface area contributed by atoms with E-state index in [0.717, 1.165) is 33.5 Å². The van der Waals surface area contributed by atoms with Crippen molar-refractivity contribution in [2.45, 2.75) is 32.9 Å². The predicted octanol–water partition coefficient (Wildman–Crippen LogP) is 4.74. The van der Waals surface area contributed by atoms with Gasteiger partial charge in [0.2, 0.25) is 0 Å². The number of halogens is 1. The molecule has 5 rings (SSSR count). The van der Waals surface area contributed by atoms with Crippen molar-refractivity contribution in [3.05, 3.63) is 72.7 Å². The van der Waals surface area contributed by atoms with Crippen LogP contribution in [0.5, 0.6) is 0 Å². The van der Waals surface area contributed by atoms with E-state index in [2.05, 4.69) is 19.9 Å². The Morgan fingerprint density at radius 2 is 1.89 bits per heavy atom. The molecule has 1 amide bonds. The number of fused-ring (bicyclic) bond motifs is 1. The molecule has 3 aromatic heterocycles. The average Bonchev–Trinajstić information content (AvgIpc) is 3.22. The Labute approximate surface area is 209 Å². The first-order valence-electron chi connectivity index (χ1n) is 12.0. The summed E-state index contributed by atoms with van der Waals surface area (Å²) in [5.41, 5.74) is 2.98. The van der Waals surface area contributed by atoms with Gasteiger partial charge in [-0.1, -0.05) is 18.2 Å². The molecule has 1 aromatic carbocycles. The van der Waals surface area contributed by atoms with E-state index in [1.807, 2.05) is 55.9 Å². The first-order chi connectivity index (χ1) is 17.3. The van der Waals surface area contributed by atoms with Crippen LogP contribution < -0.4 is 4.90 Å². The molecule has 0 radical (unpaired) electrons. The third-order valence-electron chi connectivity index (χ3n) is 6.08. The van der Waals surface area contributed by atoms with Gasteiger partial charge in [0, 0.05) is 62.4 Å². The smallest absolute Gasteiger partial charge is 0.410 e. The number of nitrogens with zero attached hydrogens (tertiary/aromatic N) is 6. The van der Waals surface area contributed by atoms with Gasteiger partial charge in [0.15, 0.2) is 0 Å². The molecule has 36 heavy (non-hydrogen) atoms. The highest BCUT2D eigenvalue weighted by Gasteiger charge is 2.28. The van der Waals surface area contributed by atoms with Crippen LogP contribution in [-0.4, -0.2) is 62.3 Å². The number of hydrogen-bond donors (Lipinski definition) is 0. The molecule has 1 aliphatic heterocycles. The van der Waals surface area contributed by atoms with E-state index in [0.29, 0.717) is 32.7 Å². The fraction of sp³-hybridized carbons (Fsp3) is 0.333. The summed E-state index contributed by atoms with van der Waals surface area (Å²) in [5, 5.41) is 0.910. The SMILES string of the molecule is CC(C)(C)OC(=O)N1CCN(c2ncnc3c2c(-c2cccnc2)cn3Cc2cccc(F)c2)CC1. The van der Waals surface area contributed by atoms with E-state index >= 15 is 0 Å². The summed E-state index contributed by atoms with van der Waals surface area (Å²) in [6, 6.07) is 10.5. The van der Waals surface area contributed by atoms with Crippen molar-refractivity contribution in [1.82, 2.24) is 24.4 Å². The molecule has 0 bridgehead atoms. The number of amides is 1. The summed E-state index contributed by atoms with van der Waals surface area (Å²) in [6.07, 6.45) is 6.85. The van der Waals surface area contributed by atoms with Crippen LogP contribution in [0.15, 0.2) is 61.3 Å². The molecule has 4 heterocycles. The molecule has 4 aromatic rings. The molecule has 0 aliphatic carbocycles. The van der Waals surface area contributed by atoms with Crippen LogP contribution in [0.25, 0.3) is 22.2 Å². The molecule has 0 atom stereocenters. The second-order valence-electron chi connectivity index (χ2n) is 9.89. The lowest BCUT2D eigenvalue weighted by molar-refractivity contribution is 0.0240. The van der Waals surface area contributed by atoms with Gasteiger partial charge >= 0.3 is 6.09 Å². The molecule has 1 fully saturated rings. The highest BCUT2D eigenvalue weighted by atomic mass is 19.1. The topological polar surface area (TPSA) is 76.4 Å². The summed E-state index contributed by atoms with van der Waals surface area (Å²) < 4.78 is 21.4. The van der Waals surface area contributed by atoms with Gasteiger partial charge in [-0.25, -0.2) is 19.2 Å². The van der Waals surface area contributed by atoms with Gasteiger partial charge in [0.1, 0.15) is 29.2 Å². The van der Waals surface area contributed by atoms with E-state index in [4.69, 9.17) is 4.74 Å². The summed E-state index contributed by atoms with van der Waals surface area (Å²) >= 11 is 0. The molecule has 1 aliphatic rings. The number of ether oxygens (including phenoxy) is 1. The van der Waals surface area contributed by atoms with Crippen molar-refractivity contribution in [2.24, 2.45) is 0 Å². The quantitative estimate of drug-likeness (QED) is 0.413. The van der Waals surface area contributed by atoms with Crippen LogP contribution in [0.1, 0.15) is 26.3 Å². The van der Waals surface area contributed by atoms with Crippen LogP contribution >= 0.6 is 0 Å². The van der Waals surface area contributed by atoms with Gasteiger partial charge in [-0.2, -0.15) is 0 Å². The largest absolute Gasteiger partial charge is 0.444 e. The Morgan fingerprint density at radius 3 is 2.58 bits per heavy atom. The Kier molecular flexibility index (Phi) is 6.30. The molecular weight excluding hydrogens is 459 g/mol. The van der Waals surface area contributed by atoms with Crippen molar-refractivity contribution < 1.29 is 13.9 Å². The predicted molar refractivity (Wildman–Crippen MR) is 136 cm³/mol. The van der Waals surface area contributed by atoms with Crippen molar-refractivity contribution in [3.8, 4) is 11.1 Å². The maximum Gasteiger partial charge on any atom is 0.410 e. The lowest BCUT2D eigenvalue weighted by atomic mass is 10.1. The average molecular weight is 489 g/mol. The highest BCUT2D eigenvalue weighted by Crippen LogP contribution is 2.35. The molecule has 1 saturated heterocycles. The minimum absolute atomic E-state index is 0.269. The van der Waals surface area contributed by atoms with Crippen LogP contribution in [0, 0.1) is 5.82 Å². The Hall–Kier alpha value is -4.01. The summed E-state index contributed by atoms with van der Waals surface area (Å²) in [4.78, 5) is 30.0. The fourth-order valence-electron chi connectivity index (χ4n) is 4.47. The number of benzene rings is 1. The third kappa shape index (κ3) is 5.00. The summed E-state index contributed by atoms with van der Waals surface area (Å²) in [5.74, 6) is 0.537. The second-order valence-corrected chi connectivity index (χ2v) is 9.89. The minimum Gasteiger partial charge on any atom is -0.444 e. The van der Waals surface area contributed by atoms with Crippen molar-refractivity contribution >= 4 is 22.9 Å². The van der Waals surface area contributed by atoms with Gasteiger partial charge in [-0.15, -0.1) is 0 Å². The van der Waals surface area contributed by atoms with Gasteiger partial charge in [0.25, 0.3) is 0 Å². The summed E-state index contributed by atoms with van der Waals surface area (Å²) in [7, 11) is 0. The van der Waals surface area contributed by atoms with Gasteiger partial charge in [-0.3, -0.25) is 4.98 Å². The van der Waals surface area contributed by atoms with E-state index in [9.17, 15) is 9.18 Å². The van der Waals surface area contributed by atoms with E-state index in [1.54, 1.807) is 23.5 Å². The van der Waals surface area contributed by atoms with Crippen LogP contribution in [0.3, 0.4) is 0 Å². The number of anilines is 1. The lowest BCUT2D eigenvalue weighted by Crippen LogP contribution is -2.50. The third-order valence-corrected chi connectivity index (χ3v) is 6.08. The van der Waals surface area contributed by atoms with Crippen LogP contribution in [0.4, 0.5) is 15.0 Å². The number of rotatable bonds is 4. The minimum atomic E-state index is -0.532. The van der Waals surface area contributed by atoms with Crippen molar-refractivity contribution in [1.29, 1.82) is 0 Å². The number of pyridine rings is 1. The number of carbonyl (C=O) groups is 1. The molecule has 0 unspecified atom stereocenters. The molecule has 0 N–H and O–H groups in total. The second kappa shape index (κ2) is 9.56. The van der Waals surface area contributed by atoms with Crippen molar-refractivity contribution in [3.63, 3.8) is 0 Å². The van der Waals surface area contributed by atoms with Crippen LogP contribution in [0.2, 0.25) is 0 Å². The number of hydrogen-bond acceptors (Lipinski definition) is 6. The molecule has 9 heteroatoms. The highest BCUT2D eigenvalue weighted by molar-refractivity contribution is 6.01. The van der Waals surface area contributed by atoms with Crippen LogP contribution in [-0.2, 0) is 11.3 Å². The normalized spacial score (nSPS) is 14.3. The fourth-order valence-corrected chi connectivity index (χ4v) is 4.47. The Balaban J connectivity index is 1.50. The standard InChI is InChI=1S/C27H29FN6O2/c1-27(2,3)36-26(35)33-12-10-32(11-13-33)24-23-22(20-7-5-9-29-15-20)17-34(25(23)31-18-30-24)16-19-6-4-8-21(28)14-19/h4-9,14-15,17-18H,10-13,16H2,1-3H3. The van der Waals surface area contributed by atoms with Crippen molar-refractivity contribution in [2.75, 3.05) is 31.1 Å². The maximum atomic E-state index is 13.9. The van der Waals surface area contributed by atoms with Gasteiger partial charge in [0.05, 0.1) is 5.39 Å². The molecule has 186 valence electrons. The number of piperazine rings is 1. The Morgan fingerprint density at radius 1 is 1.08 bits per heavy atom. The zero-order valence-corrected chi connectivity index (χ0v) is 20.7. The zero-order valence-electron chi connectivity index (χ0n) is 20.7. The first-order valence-corrected chi connectivity index (χ1v) is 12.0.